The number of pyridine rings is 1. The van der Waals surface area contributed by atoms with Gasteiger partial charge in [0.15, 0.2) is 11.5 Å². The van der Waals surface area contributed by atoms with Gasteiger partial charge >= 0.3 is 0 Å². The van der Waals surface area contributed by atoms with Gasteiger partial charge in [-0.25, -0.2) is 0 Å². The van der Waals surface area contributed by atoms with Gasteiger partial charge in [-0.15, -0.1) is 0 Å². The van der Waals surface area contributed by atoms with Gasteiger partial charge in [0.05, 0.1) is 25.3 Å². The number of ether oxygens (including phenoxy) is 3. The van der Waals surface area contributed by atoms with Crippen molar-refractivity contribution in [3.63, 3.8) is 0 Å². The summed E-state index contributed by atoms with van der Waals surface area (Å²) in [7, 11) is 1.52. The Kier molecular flexibility index (Phi) is 8.46. The van der Waals surface area contributed by atoms with Crippen LogP contribution in [-0.4, -0.2) is 24.6 Å². The van der Waals surface area contributed by atoms with E-state index in [0.717, 1.165) is 16.9 Å². The molecular formula is C25H25N3O4. The number of nitriles is 1. The zero-order valence-corrected chi connectivity index (χ0v) is 17.9. The summed E-state index contributed by atoms with van der Waals surface area (Å²) in [5.74, 6) is 1.77. The van der Waals surface area contributed by atoms with Gasteiger partial charge in [-0.05, 0) is 42.3 Å². The molecule has 32 heavy (non-hydrogen) atoms. The predicted octanol–water partition coefficient (Wildman–Crippen LogP) is 4.02. The Bertz CT molecular complexity index is 1050. The Balaban J connectivity index is 1.35. The van der Waals surface area contributed by atoms with Gasteiger partial charge in [0.2, 0.25) is 5.91 Å². The van der Waals surface area contributed by atoms with E-state index in [0.29, 0.717) is 49.7 Å². The number of benzene rings is 2. The maximum Gasteiger partial charge on any atom is 0.220 e. The van der Waals surface area contributed by atoms with Crippen LogP contribution in [0.1, 0.15) is 29.5 Å². The van der Waals surface area contributed by atoms with Gasteiger partial charge in [-0.1, -0.05) is 18.2 Å². The second-order valence-electron chi connectivity index (χ2n) is 7.00. The molecule has 3 rings (SSSR count). The predicted molar refractivity (Wildman–Crippen MR) is 119 cm³/mol. The van der Waals surface area contributed by atoms with E-state index in [1.807, 2.05) is 36.4 Å². The van der Waals surface area contributed by atoms with E-state index in [2.05, 4.69) is 16.4 Å². The monoisotopic (exact) mass is 431 g/mol. The van der Waals surface area contributed by atoms with E-state index < -0.39 is 0 Å². The van der Waals surface area contributed by atoms with Crippen LogP contribution >= 0.6 is 0 Å². The zero-order chi connectivity index (χ0) is 22.6. The van der Waals surface area contributed by atoms with Crippen molar-refractivity contribution in [1.29, 1.82) is 5.26 Å². The summed E-state index contributed by atoms with van der Waals surface area (Å²) >= 11 is 0. The number of carbonyl (C=O) groups is 1. The lowest BCUT2D eigenvalue weighted by Gasteiger charge is -2.11. The number of methoxy groups -OCH3 is 1. The van der Waals surface area contributed by atoms with Gasteiger partial charge in [-0.2, -0.15) is 5.26 Å². The third-order valence-electron chi connectivity index (χ3n) is 4.64. The molecule has 0 radical (unpaired) electrons. The van der Waals surface area contributed by atoms with Crippen molar-refractivity contribution in [1.82, 2.24) is 10.3 Å². The second kappa shape index (κ2) is 12.0. The van der Waals surface area contributed by atoms with E-state index in [1.54, 1.807) is 30.6 Å². The van der Waals surface area contributed by atoms with Crippen LogP contribution in [0.3, 0.4) is 0 Å². The molecule has 0 bridgehead atoms. The highest BCUT2D eigenvalue weighted by molar-refractivity contribution is 5.75. The molecule has 0 spiro atoms. The van der Waals surface area contributed by atoms with Crippen LogP contribution in [0.5, 0.6) is 17.2 Å². The maximum atomic E-state index is 12.1. The number of hydrogen-bond donors (Lipinski definition) is 1. The summed E-state index contributed by atoms with van der Waals surface area (Å²) in [4.78, 5) is 16.2. The first-order valence-electron chi connectivity index (χ1n) is 10.3. The van der Waals surface area contributed by atoms with E-state index >= 15 is 0 Å². The first kappa shape index (κ1) is 22.6. The summed E-state index contributed by atoms with van der Waals surface area (Å²) in [5.41, 5.74) is 2.50. The molecule has 0 aliphatic heterocycles. The topological polar surface area (TPSA) is 93.5 Å². The summed E-state index contributed by atoms with van der Waals surface area (Å²) in [6.45, 7) is 1.28. The van der Waals surface area contributed by atoms with E-state index in [-0.39, 0.29) is 5.91 Å². The van der Waals surface area contributed by atoms with Crippen LogP contribution in [0.15, 0.2) is 67.0 Å². The Morgan fingerprint density at radius 3 is 2.62 bits per heavy atom. The largest absolute Gasteiger partial charge is 0.493 e. The second-order valence-corrected chi connectivity index (χ2v) is 7.00. The molecule has 1 amide bonds. The van der Waals surface area contributed by atoms with E-state index in [1.165, 1.54) is 7.11 Å². The molecule has 3 aromatic rings. The number of nitrogens with one attached hydrogen (secondary N) is 1. The van der Waals surface area contributed by atoms with Crippen LogP contribution in [0, 0.1) is 11.3 Å². The van der Waals surface area contributed by atoms with Crippen LogP contribution in [0.25, 0.3) is 0 Å². The number of rotatable bonds is 11. The van der Waals surface area contributed by atoms with Crippen LogP contribution < -0.4 is 19.5 Å². The zero-order valence-electron chi connectivity index (χ0n) is 17.9. The minimum absolute atomic E-state index is 0.0442. The third-order valence-corrected chi connectivity index (χ3v) is 4.64. The fourth-order valence-corrected chi connectivity index (χ4v) is 2.91. The van der Waals surface area contributed by atoms with Crippen LogP contribution in [0.4, 0.5) is 0 Å². The molecule has 1 N–H and O–H groups in total. The summed E-state index contributed by atoms with van der Waals surface area (Å²) in [6, 6.07) is 18.5. The lowest BCUT2D eigenvalue weighted by molar-refractivity contribution is -0.121. The molecule has 164 valence electrons. The van der Waals surface area contributed by atoms with Crippen molar-refractivity contribution in [2.75, 3.05) is 13.7 Å². The Morgan fingerprint density at radius 2 is 1.91 bits per heavy atom. The van der Waals surface area contributed by atoms with E-state index in [4.69, 9.17) is 19.5 Å². The molecule has 0 saturated heterocycles. The Morgan fingerprint density at radius 1 is 1.06 bits per heavy atom. The highest BCUT2D eigenvalue weighted by atomic mass is 16.5. The molecule has 0 unspecified atom stereocenters. The van der Waals surface area contributed by atoms with E-state index in [9.17, 15) is 4.79 Å². The molecule has 1 aromatic heterocycles. The summed E-state index contributed by atoms with van der Waals surface area (Å²) < 4.78 is 16.6. The van der Waals surface area contributed by atoms with Crippen molar-refractivity contribution in [2.24, 2.45) is 0 Å². The highest BCUT2D eigenvalue weighted by Crippen LogP contribution is 2.27. The third kappa shape index (κ3) is 7.03. The van der Waals surface area contributed by atoms with Gasteiger partial charge < -0.3 is 19.5 Å². The average molecular weight is 431 g/mol. The quantitative estimate of drug-likeness (QED) is 0.461. The highest BCUT2D eigenvalue weighted by Gasteiger charge is 2.07. The SMILES string of the molecule is COc1cc(C#N)ccc1OCCCC(=O)NCc1ccc(OCc2cccnc2)cc1. The first-order valence-corrected chi connectivity index (χ1v) is 10.3. The molecule has 7 nitrogen and oxygen atoms in total. The number of carbonyl (C=O) groups excluding carboxylic acids is 1. The summed E-state index contributed by atoms with van der Waals surface area (Å²) in [6.07, 6.45) is 4.42. The fourth-order valence-electron chi connectivity index (χ4n) is 2.91. The van der Waals surface area contributed by atoms with Crippen molar-refractivity contribution in [2.45, 2.75) is 26.0 Å². The molecule has 2 aromatic carbocycles. The first-order chi connectivity index (χ1) is 15.7. The Labute approximate surface area is 187 Å². The number of amides is 1. The maximum absolute atomic E-state index is 12.1. The molecular weight excluding hydrogens is 406 g/mol. The minimum atomic E-state index is -0.0442. The average Bonchev–Trinajstić information content (AvgIpc) is 2.85. The lowest BCUT2D eigenvalue weighted by atomic mass is 10.2. The van der Waals surface area contributed by atoms with Crippen molar-refractivity contribution in [3.05, 3.63) is 83.7 Å². The number of aromatic nitrogens is 1. The van der Waals surface area contributed by atoms with Crippen LogP contribution in [-0.2, 0) is 17.9 Å². The molecule has 1 heterocycles. The van der Waals surface area contributed by atoms with Crippen molar-refractivity contribution >= 4 is 5.91 Å². The molecule has 7 heteroatoms. The van der Waals surface area contributed by atoms with Crippen LogP contribution in [0.2, 0.25) is 0 Å². The number of nitrogens with zero attached hydrogens (tertiary/aromatic N) is 2. The number of hydrogen-bond acceptors (Lipinski definition) is 6. The molecule has 0 atom stereocenters. The van der Waals surface area contributed by atoms with Gasteiger partial charge in [0, 0.05) is 37.0 Å². The molecule has 0 aliphatic carbocycles. The Hall–Kier alpha value is -4.05. The standard InChI is InChI=1S/C25H25N3O4/c1-30-24-14-20(15-26)8-11-23(24)31-13-3-5-25(29)28-17-19-6-9-22(10-7-19)32-18-21-4-2-12-27-16-21/h2,4,6-12,14,16H,3,5,13,17-18H2,1H3,(H,28,29). The van der Waals surface area contributed by atoms with Crippen molar-refractivity contribution < 1.29 is 19.0 Å². The normalized spacial score (nSPS) is 10.1. The van der Waals surface area contributed by atoms with Gasteiger partial charge in [0.1, 0.15) is 12.4 Å². The molecule has 0 fully saturated rings. The smallest absolute Gasteiger partial charge is 0.220 e. The fraction of sp³-hybridized carbons (Fsp3) is 0.240. The van der Waals surface area contributed by atoms with Crippen molar-refractivity contribution in [3.8, 4) is 23.3 Å². The molecule has 0 aliphatic rings. The van der Waals surface area contributed by atoms with Gasteiger partial charge in [-0.3, -0.25) is 9.78 Å². The summed E-state index contributed by atoms with van der Waals surface area (Å²) in [5, 5.41) is 11.8. The van der Waals surface area contributed by atoms with Gasteiger partial charge in [0.25, 0.3) is 0 Å². The molecule has 0 saturated carbocycles. The minimum Gasteiger partial charge on any atom is -0.493 e. The lowest BCUT2D eigenvalue weighted by Crippen LogP contribution is -2.22.